The smallest absolute Gasteiger partial charge is 0.0176 e. The van der Waals surface area contributed by atoms with Crippen molar-refractivity contribution < 1.29 is 0 Å². The minimum Gasteiger partial charge on any atom is -0.312 e. The van der Waals surface area contributed by atoms with Gasteiger partial charge in [0.1, 0.15) is 0 Å². The minimum atomic E-state index is 0.305. The van der Waals surface area contributed by atoms with E-state index < -0.39 is 0 Å². The van der Waals surface area contributed by atoms with Gasteiger partial charge in [-0.05, 0) is 60.0 Å². The quantitative estimate of drug-likeness (QED) is 0.792. The molecule has 0 amide bonds. The van der Waals surface area contributed by atoms with Crippen LogP contribution in [-0.4, -0.2) is 35.6 Å². The van der Waals surface area contributed by atoms with Crippen LogP contribution in [0.1, 0.15) is 60.3 Å². The van der Waals surface area contributed by atoms with E-state index in [-0.39, 0.29) is 0 Å². The second-order valence-corrected chi connectivity index (χ2v) is 6.27. The first kappa shape index (κ1) is 14.0. The van der Waals surface area contributed by atoms with Crippen LogP contribution in [0.15, 0.2) is 0 Å². The van der Waals surface area contributed by atoms with Crippen LogP contribution in [0.3, 0.4) is 0 Å². The normalized spacial score (nSPS) is 26.1. The minimum absolute atomic E-state index is 0.305. The van der Waals surface area contributed by atoms with Gasteiger partial charge in [0.05, 0.1) is 0 Å². The molecule has 0 radical (unpaired) electrons. The van der Waals surface area contributed by atoms with E-state index in [1.54, 1.807) is 0 Å². The van der Waals surface area contributed by atoms with Gasteiger partial charge < -0.3 is 5.32 Å². The molecule has 2 nitrogen and oxygen atoms in total. The van der Waals surface area contributed by atoms with Gasteiger partial charge in [-0.25, -0.2) is 0 Å². The third kappa shape index (κ3) is 2.98. The average molecular weight is 226 g/mol. The molecule has 0 aromatic rings. The molecule has 0 spiro atoms. The molecule has 1 fully saturated rings. The summed E-state index contributed by atoms with van der Waals surface area (Å²) in [6, 6.07) is 0.737. The first-order valence-electron chi connectivity index (χ1n) is 6.82. The molecule has 0 aliphatic carbocycles. The van der Waals surface area contributed by atoms with Crippen molar-refractivity contribution in [2.75, 3.05) is 13.6 Å². The van der Waals surface area contributed by atoms with Crippen LogP contribution in [-0.2, 0) is 0 Å². The molecule has 0 bridgehead atoms. The van der Waals surface area contributed by atoms with Crippen molar-refractivity contribution in [2.45, 2.75) is 77.4 Å². The van der Waals surface area contributed by atoms with E-state index in [2.05, 4.69) is 51.9 Å². The van der Waals surface area contributed by atoms with Crippen LogP contribution < -0.4 is 5.32 Å². The number of hydrogen-bond acceptors (Lipinski definition) is 2. The first-order valence-corrected chi connectivity index (χ1v) is 6.82. The van der Waals surface area contributed by atoms with Crippen molar-refractivity contribution in [3.63, 3.8) is 0 Å². The van der Waals surface area contributed by atoms with E-state index in [1.165, 1.54) is 25.7 Å². The SMILES string of the molecule is CCC(C)(CC)N(C)C1CCNC(C)(C)C1. The zero-order valence-electron chi connectivity index (χ0n) is 12.1. The van der Waals surface area contributed by atoms with E-state index >= 15 is 0 Å². The maximum Gasteiger partial charge on any atom is 0.0176 e. The molecular weight excluding hydrogens is 196 g/mol. The van der Waals surface area contributed by atoms with Crippen LogP contribution in [0.5, 0.6) is 0 Å². The summed E-state index contributed by atoms with van der Waals surface area (Å²) in [5, 5.41) is 3.60. The highest BCUT2D eigenvalue weighted by atomic mass is 15.2. The fourth-order valence-corrected chi connectivity index (χ4v) is 2.86. The molecule has 1 atom stereocenters. The molecule has 1 saturated heterocycles. The Bertz CT molecular complexity index is 219. The summed E-state index contributed by atoms with van der Waals surface area (Å²) in [5.74, 6) is 0. The fraction of sp³-hybridized carbons (Fsp3) is 1.00. The predicted molar refractivity (Wildman–Crippen MR) is 71.9 cm³/mol. The van der Waals surface area contributed by atoms with Gasteiger partial charge in [0.2, 0.25) is 0 Å². The lowest BCUT2D eigenvalue weighted by Gasteiger charge is -2.48. The van der Waals surface area contributed by atoms with Gasteiger partial charge >= 0.3 is 0 Å². The maximum atomic E-state index is 3.60. The zero-order chi connectivity index (χ0) is 12.4. The topological polar surface area (TPSA) is 15.3 Å². The van der Waals surface area contributed by atoms with Crippen LogP contribution in [0.2, 0.25) is 0 Å². The maximum absolute atomic E-state index is 3.60. The molecule has 1 N–H and O–H groups in total. The van der Waals surface area contributed by atoms with Crippen LogP contribution in [0.4, 0.5) is 0 Å². The number of rotatable bonds is 4. The Morgan fingerprint density at radius 1 is 1.31 bits per heavy atom. The summed E-state index contributed by atoms with van der Waals surface area (Å²) >= 11 is 0. The van der Waals surface area contributed by atoms with Crippen molar-refractivity contribution in [1.29, 1.82) is 0 Å². The monoisotopic (exact) mass is 226 g/mol. The van der Waals surface area contributed by atoms with Gasteiger partial charge in [-0.1, -0.05) is 13.8 Å². The Morgan fingerprint density at radius 3 is 2.31 bits per heavy atom. The molecule has 96 valence electrons. The Kier molecular flexibility index (Phi) is 4.42. The van der Waals surface area contributed by atoms with Gasteiger partial charge in [0.15, 0.2) is 0 Å². The summed E-state index contributed by atoms with van der Waals surface area (Å²) < 4.78 is 0. The van der Waals surface area contributed by atoms with Gasteiger partial charge in [-0.2, -0.15) is 0 Å². The standard InChI is InChI=1S/C14H30N2/c1-7-14(5,8-2)16(6)12-9-10-15-13(3,4)11-12/h12,15H,7-11H2,1-6H3. The van der Waals surface area contributed by atoms with Crippen molar-refractivity contribution in [2.24, 2.45) is 0 Å². The molecule has 1 aliphatic heterocycles. The van der Waals surface area contributed by atoms with Gasteiger partial charge in [0, 0.05) is 17.1 Å². The lowest BCUT2D eigenvalue weighted by molar-refractivity contribution is 0.0415. The van der Waals surface area contributed by atoms with E-state index in [4.69, 9.17) is 0 Å². The van der Waals surface area contributed by atoms with Crippen LogP contribution >= 0.6 is 0 Å². The molecule has 16 heavy (non-hydrogen) atoms. The number of nitrogens with one attached hydrogen (secondary N) is 1. The Labute approximate surface area is 102 Å². The van der Waals surface area contributed by atoms with Crippen molar-refractivity contribution in [3.8, 4) is 0 Å². The van der Waals surface area contributed by atoms with Crippen molar-refractivity contribution >= 4 is 0 Å². The van der Waals surface area contributed by atoms with Crippen LogP contribution in [0.25, 0.3) is 0 Å². The Morgan fingerprint density at radius 2 is 1.88 bits per heavy atom. The molecule has 0 aromatic heterocycles. The van der Waals surface area contributed by atoms with Crippen molar-refractivity contribution in [1.82, 2.24) is 10.2 Å². The zero-order valence-corrected chi connectivity index (χ0v) is 12.1. The van der Waals surface area contributed by atoms with E-state index in [1.807, 2.05) is 0 Å². The van der Waals surface area contributed by atoms with Gasteiger partial charge in [0.25, 0.3) is 0 Å². The molecule has 2 heteroatoms. The Hall–Kier alpha value is -0.0800. The fourth-order valence-electron chi connectivity index (χ4n) is 2.86. The second kappa shape index (κ2) is 5.05. The number of hydrogen-bond donors (Lipinski definition) is 1. The molecule has 1 aliphatic rings. The molecule has 0 aromatic carbocycles. The largest absolute Gasteiger partial charge is 0.312 e. The summed E-state index contributed by atoms with van der Waals surface area (Å²) in [4.78, 5) is 2.63. The number of piperidine rings is 1. The van der Waals surface area contributed by atoms with E-state index in [0.29, 0.717) is 11.1 Å². The third-order valence-corrected chi connectivity index (χ3v) is 4.75. The molecule has 1 rings (SSSR count). The summed E-state index contributed by atoms with van der Waals surface area (Å²) in [5.41, 5.74) is 0.678. The lowest BCUT2D eigenvalue weighted by atomic mass is 9.84. The molecular formula is C14H30N2. The van der Waals surface area contributed by atoms with E-state index in [0.717, 1.165) is 12.6 Å². The van der Waals surface area contributed by atoms with E-state index in [9.17, 15) is 0 Å². The van der Waals surface area contributed by atoms with Gasteiger partial charge in [-0.15, -0.1) is 0 Å². The average Bonchev–Trinajstić information content (AvgIpc) is 2.25. The highest BCUT2D eigenvalue weighted by molar-refractivity contribution is 4.94. The van der Waals surface area contributed by atoms with Gasteiger partial charge in [-0.3, -0.25) is 4.90 Å². The highest BCUT2D eigenvalue weighted by Gasteiger charge is 2.35. The van der Waals surface area contributed by atoms with Crippen LogP contribution in [0, 0.1) is 0 Å². The molecule has 1 heterocycles. The summed E-state index contributed by atoms with van der Waals surface area (Å²) in [7, 11) is 2.32. The third-order valence-electron chi connectivity index (χ3n) is 4.75. The second-order valence-electron chi connectivity index (χ2n) is 6.27. The molecule has 1 unspecified atom stereocenters. The Balaban J connectivity index is 2.69. The van der Waals surface area contributed by atoms with Crippen molar-refractivity contribution in [3.05, 3.63) is 0 Å². The lowest BCUT2D eigenvalue weighted by Crippen LogP contribution is -2.57. The first-order chi connectivity index (χ1) is 7.34. The summed E-state index contributed by atoms with van der Waals surface area (Å²) in [6.45, 7) is 12.8. The number of nitrogens with zero attached hydrogens (tertiary/aromatic N) is 1. The molecule has 0 saturated carbocycles. The summed E-state index contributed by atoms with van der Waals surface area (Å²) in [6.07, 6.45) is 5.03. The predicted octanol–water partition coefficient (Wildman–Crippen LogP) is 3.03. The highest BCUT2D eigenvalue weighted by Crippen LogP contribution is 2.30.